The fourth-order valence-electron chi connectivity index (χ4n) is 2.67. The molecule has 0 saturated carbocycles. The second-order valence-corrected chi connectivity index (χ2v) is 4.72. The van der Waals surface area contributed by atoms with E-state index in [0.717, 1.165) is 5.92 Å². The summed E-state index contributed by atoms with van der Waals surface area (Å²) in [6.07, 6.45) is 8.59. The molecule has 84 valence electrons. The third-order valence-electron chi connectivity index (χ3n) is 3.55. The molecule has 1 unspecified atom stereocenters. The van der Waals surface area contributed by atoms with E-state index in [1.807, 2.05) is 12.4 Å². The van der Waals surface area contributed by atoms with Crippen LogP contribution in [0.1, 0.15) is 12.0 Å². The Kier molecular flexibility index (Phi) is 2.40. The molecule has 1 aliphatic heterocycles. The lowest BCUT2D eigenvalue weighted by Gasteiger charge is -2.06. The van der Waals surface area contributed by atoms with E-state index < -0.39 is 0 Å². The quantitative estimate of drug-likeness (QED) is 0.826. The summed E-state index contributed by atoms with van der Waals surface area (Å²) in [6, 6.07) is 2.13. The third kappa shape index (κ3) is 1.61. The Labute approximate surface area is 95.5 Å². The Morgan fingerprint density at radius 2 is 2.50 bits per heavy atom. The number of hydrogen-bond acceptors (Lipinski definition) is 2. The zero-order valence-electron chi connectivity index (χ0n) is 9.61. The van der Waals surface area contributed by atoms with Crippen LogP contribution in [0.3, 0.4) is 0 Å². The highest BCUT2D eigenvalue weighted by atomic mass is 14.9. The van der Waals surface area contributed by atoms with Gasteiger partial charge in [-0.1, -0.05) is 0 Å². The molecule has 3 nitrogen and oxygen atoms in total. The molecule has 0 radical (unpaired) electrons. The number of fused-ring (bicyclic) bond motifs is 1. The molecule has 1 fully saturated rings. The van der Waals surface area contributed by atoms with Crippen molar-refractivity contribution in [2.24, 2.45) is 13.0 Å². The van der Waals surface area contributed by atoms with Crippen LogP contribution in [-0.4, -0.2) is 22.6 Å². The molecule has 3 heterocycles. The second kappa shape index (κ2) is 3.91. The summed E-state index contributed by atoms with van der Waals surface area (Å²) in [6.45, 7) is 2.35. The SMILES string of the molecule is Cn1cc(CC2CCNC2)c2ccncc21. The van der Waals surface area contributed by atoms with Crippen molar-refractivity contribution < 1.29 is 0 Å². The highest BCUT2D eigenvalue weighted by molar-refractivity contribution is 5.82. The molecule has 0 aliphatic carbocycles. The number of aromatic nitrogens is 2. The van der Waals surface area contributed by atoms with Crippen LogP contribution in [0.5, 0.6) is 0 Å². The van der Waals surface area contributed by atoms with E-state index >= 15 is 0 Å². The van der Waals surface area contributed by atoms with Gasteiger partial charge in [0.15, 0.2) is 0 Å². The first-order valence-corrected chi connectivity index (χ1v) is 5.93. The molecule has 1 atom stereocenters. The summed E-state index contributed by atoms with van der Waals surface area (Å²) < 4.78 is 2.18. The molecule has 1 N–H and O–H groups in total. The van der Waals surface area contributed by atoms with Crippen LogP contribution in [-0.2, 0) is 13.5 Å². The van der Waals surface area contributed by atoms with Crippen LogP contribution in [0.4, 0.5) is 0 Å². The summed E-state index contributed by atoms with van der Waals surface area (Å²) in [5, 5.41) is 4.79. The van der Waals surface area contributed by atoms with Gasteiger partial charge >= 0.3 is 0 Å². The lowest BCUT2D eigenvalue weighted by Crippen LogP contribution is -2.10. The van der Waals surface area contributed by atoms with Gasteiger partial charge in [0.2, 0.25) is 0 Å². The van der Waals surface area contributed by atoms with Gasteiger partial charge in [-0.05, 0) is 43.5 Å². The Balaban J connectivity index is 1.96. The zero-order chi connectivity index (χ0) is 11.0. The molecule has 3 heteroatoms. The van der Waals surface area contributed by atoms with Crippen molar-refractivity contribution in [3.05, 3.63) is 30.2 Å². The summed E-state index contributed by atoms with van der Waals surface area (Å²) in [4.78, 5) is 4.19. The molecule has 16 heavy (non-hydrogen) atoms. The fourth-order valence-corrected chi connectivity index (χ4v) is 2.67. The number of rotatable bonds is 2. The monoisotopic (exact) mass is 215 g/mol. The first-order chi connectivity index (χ1) is 7.84. The minimum Gasteiger partial charge on any atom is -0.349 e. The molecule has 2 aromatic rings. The van der Waals surface area contributed by atoms with Gasteiger partial charge in [0.1, 0.15) is 0 Å². The summed E-state index contributed by atoms with van der Waals surface area (Å²) in [5.41, 5.74) is 2.71. The predicted molar refractivity (Wildman–Crippen MR) is 65.4 cm³/mol. The van der Waals surface area contributed by atoms with Crippen LogP contribution >= 0.6 is 0 Å². The Morgan fingerprint density at radius 1 is 1.56 bits per heavy atom. The maximum absolute atomic E-state index is 4.19. The standard InChI is InChI=1S/C13H17N3/c1-16-9-11(6-10-2-4-14-7-10)12-3-5-15-8-13(12)16/h3,5,8-10,14H,2,4,6-7H2,1H3. The van der Waals surface area contributed by atoms with Gasteiger partial charge in [-0.25, -0.2) is 0 Å². The number of pyridine rings is 1. The highest BCUT2D eigenvalue weighted by Gasteiger charge is 2.17. The summed E-state index contributed by atoms with van der Waals surface area (Å²) in [7, 11) is 2.10. The second-order valence-electron chi connectivity index (χ2n) is 4.72. The van der Waals surface area contributed by atoms with Gasteiger partial charge in [-0.3, -0.25) is 4.98 Å². The molecule has 0 spiro atoms. The topological polar surface area (TPSA) is 29.9 Å². The fraction of sp³-hybridized carbons (Fsp3) is 0.462. The number of hydrogen-bond donors (Lipinski definition) is 1. The molecule has 3 rings (SSSR count). The smallest absolute Gasteiger partial charge is 0.0666 e. The minimum absolute atomic E-state index is 0.804. The largest absolute Gasteiger partial charge is 0.349 e. The van der Waals surface area contributed by atoms with E-state index in [1.165, 1.54) is 42.4 Å². The maximum Gasteiger partial charge on any atom is 0.0666 e. The van der Waals surface area contributed by atoms with Crippen molar-refractivity contribution in [1.29, 1.82) is 0 Å². The van der Waals surface area contributed by atoms with E-state index in [1.54, 1.807) is 0 Å². The predicted octanol–water partition coefficient (Wildman–Crippen LogP) is 1.73. The lowest BCUT2D eigenvalue weighted by molar-refractivity contribution is 0.581. The number of nitrogens with one attached hydrogen (secondary N) is 1. The summed E-state index contributed by atoms with van der Waals surface area (Å²) in [5.74, 6) is 0.804. The van der Waals surface area contributed by atoms with E-state index in [0.29, 0.717) is 0 Å². The maximum atomic E-state index is 4.19. The molecular formula is C13H17N3. The van der Waals surface area contributed by atoms with E-state index in [9.17, 15) is 0 Å². The Bertz CT molecular complexity index is 495. The number of aryl methyl sites for hydroxylation is 1. The van der Waals surface area contributed by atoms with Gasteiger partial charge in [0.25, 0.3) is 0 Å². The van der Waals surface area contributed by atoms with Crippen LogP contribution in [0.2, 0.25) is 0 Å². The van der Waals surface area contributed by atoms with Crippen LogP contribution < -0.4 is 5.32 Å². The molecule has 1 aliphatic rings. The Morgan fingerprint density at radius 3 is 3.31 bits per heavy atom. The van der Waals surface area contributed by atoms with Gasteiger partial charge in [-0.2, -0.15) is 0 Å². The van der Waals surface area contributed by atoms with E-state index in [2.05, 4.69) is 34.2 Å². The molecule has 1 saturated heterocycles. The normalized spacial score (nSPS) is 20.7. The van der Waals surface area contributed by atoms with Crippen molar-refractivity contribution in [3.8, 4) is 0 Å². The average Bonchev–Trinajstić information content (AvgIpc) is 2.90. The molecule has 0 bridgehead atoms. The third-order valence-corrected chi connectivity index (χ3v) is 3.55. The average molecular weight is 215 g/mol. The molecular weight excluding hydrogens is 198 g/mol. The molecule has 0 aromatic carbocycles. The van der Waals surface area contributed by atoms with E-state index in [-0.39, 0.29) is 0 Å². The highest BCUT2D eigenvalue weighted by Crippen LogP contribution is 2.24. The first-order valence-electron chi connectivity index (χ1n) is 5.93. The molecule has 2 aromatic heterocycles. The zero-order valence-corrected chi connectivity index (χ0v) is 9.61. The van der Waals surface area contributed by atoms with Crippen molar-refractivity contribution in [3.63, 3.8) is 0 Å². The molecule has 0 amide bonds. The first kappa shape index (κ1) is 9.85. The van der Waals surface area contributed by atoms with Gasteiger partial charge in [0, 0.05) is 24.8 Å². The van der Waals surface area contributed by atoms with Crippen LogP contribution in [0.15, 0.2) is 24.7 Å². The Hall–Kier alpha value is -1.35. The van der Waals surface area contributed by atoms with Crippen molar-refractivity contribution in [2.75, 3.05) is 13.1 Å². The lowest BCUT2D eigenvalue weighted by atomic mass is 9.99. The van der Waals surface area contributed by atoms with Crippen molar-refractivity contribution in [1.82, 2.24) is 14.9 Å². The van der Waals surface area contributed by atoms with Crippen molar-refractivity contribution in [2.45, 2.75) is 12.8 Å². The minimum atomic E-state index is 0.804. The van der Waals surface area contributed by atoms with Gasteiger partial charge < -0.3 is 9.88 Å². The van der Waals surface area contributed by atoms with E-state index in [4.69, 9.17) is 0 Å². The van der Waals surface area contributed by atoms with Crippen LogP contribution in [0.25, 0.3) is 10.9 Å². The van der Waals surface area contributed by atoms with Gasteiger partial charge in [0.05, 0.1) is 11.7 Å². The van der Waals surface area contributed by atoms with Gasteiger partial charge in [-0.15, -0.1) is 0 Å². The summed E-state index contributed by atoms with van der Waals surface area (Å²) >= 11 is 0. The number of nitrogens with zero attached hydrogens (tertiary/aromatic N) is 2. The van der Waals surface area contributed by atoms with Crippen molar-refractivity contribution >= 4 is 10.9 Å². The van der Waals surface area contributed by atoms with Crippen LogP contribution in [0, 0.1) is 5.92 Å².